The Labute approximate surface area is 147 Å². The lowest BCUT2D eigenvalue weighted by atomic mass is 10.2. The standard InChI is InChI=1S/C20H20N4O/c1-13-8-4-6-10-16(13)22-19(25)18-12-15(3)21-20(24-18)23-17-11-7-5-9-14(17)2/h4-12H,1-3H3,(H,22,25)(H,21,23,24). The molecule has 0 spiro atoms. The monoisotopic (exact) mass is 332 g/mol. The van der Waals surface area contributed by atoms with Crippen LogP contribution >= 0.6 is 0 Å². The third-order valence-corrected chi connectivity index (χ3v) is 3.87. The largest absolute Gasteiger partial charge is 0.324 e. The number of para-hydroxylation sites is 2. The molecule has 25 heavy (non-hydrogen) atoms. The lowest BCUT2D eigenvalue weighted by Crippen LogP contribution is -2.16. The zero-order valence-electron chi connectivity index (χ0n) is 14.5. The maximum atomic E-state index is 12.6. The lowest BCUT2D eigenvalue weighted by Gasteiger charge is -2.11. The fourth-order valence-electron chi connectivity index (χ4n) is 2.47. The highest BCUT2D eigenvalue weighted by Gasteiger charge is 2.12. The second-order valence-electron chi connectivity index (χ2n) is 5.93. The second kappa shape index (κ2) is 7.13. The average Bonchev–Trinajstić information content (AvgIpc) is 2.58. The Morgan fingerprint density at radius 1 is 0.840 bits per heavy atom. The lowest BCUT2D eigenvalue weighted by molar-refractivity contribution is 0.102. The van der Waals surface area contributed by atoms with E-state index in [0.29, 0.717) is 11.6 Å². The zero-order valence-corrected chi connectivity index (χ0v) is 14.5. The molecule has 0 bridgehead atoms. The van der Waals surface area contributed by atoms with Gasteiger partial charge in [0, 0.05) is 17.1 Å². The van der Waals surface area contributed by atoms with Gasteiger partial charge in [0.1, 0.15) is 5.69 Å². The number of nitrogens with zero attached hydrogens (tertiary/aromatic N) is 2. The summed E-state index contributed by atoms with van der Waals surface area (Å²) in [6, 6.07) is 17.2. The summed E-state index contributed by atoms with van der Waals surface area (Å²) < 4.78 is 0. The normalized spacial score (nSPS) is 10.4. The Kier molecular flexibility index (Phi) is 4.75. The van der Waals surface area contributed by atoms with E-state index in [1.165, 1.54) is 0 Å². The van der Waals surface area contributed by atoms with Crippen LogP contribution in [-0.4, -0.2) is 15.9 Å². The first-order valence-electron chi connectivity index (χ1n) is 8.08. The van der Waals surface area contributed by atoms with Crippen LogP contribution in [0.15, 0.2) is 54.6 Å². The van der Waals surface area contributed by atoms with Gasteiger partial charge in [-0.2, -0.15) is 0 Å². The first kappa shape index (κ1) is 16.6. The predicted molar refractivity (Wildman–Crippen MR) is 100 cm³/mol. The summed E-state index contributed by atoms with van der Waals surface area (Å²) in [5.41, 5.74) is 4.82. The molecule has 0 atom stereocenters. The first-order valence-corrected chi connectivity index (χ1v) is 8.08. The highest BCUT2D eigenvalue weighted by molar-refractivity contribution is 6.03. The number of anilines is 3. The van der Waals surface area contributed by atoms with E-state index < -0.39 is 0 Å². The number of rotatable bonds is 4. The molecule has 0 unspecified atom stereocenters. The molecular formula is C20H20N4O. The molecule has 0 aliphatic carbocycles. The third-order valence-electron chi connectivity index (χ3n) is 3.87. The van der Waals surface area contributed by atoms with Gasteiger partial charge in [0.25, 0.3) is 5.91 Å². The summed E-state index contributed by atoms with van der Waals surface area (Å²) in [5.74, 6) is 0.150. The maximum Gasteiger partial charge on any atom is 0.274 e. The summed E-state index contributed by atoms with van der Waals surface area (Å²) in [7, 11) is 0. The number of nitrogens with one attached hydrogen (secondary N) is 2. The Hall–Kier alpha value is -3.21. The second-order valence-corrected chi connectivity index (χ2v) is 5.93. The van der Waals surface area contributed by atoms with Crippen molar-refractivity contribution < 1.29 is 4.79 Å². The van der Waals surface area contributed by atoms with Gasteiger partial charge in [0.05, 0.1) is 0 Å². The van der Waals surface area contributed by atoms with Crippen LogP contribution in [0.2, 0.25) is 0 Å². The van der Waals surface area contributed by atoms with E-state index >= 15 is 0 Å². The highest BCUT2D eigenvalue weighted by Crippen LogP contribution is 2.19. The molecular weight excluding hydrogens is 312 g/mol. The van der Waals surface area contributed by atoms with E-state index in [1.54, 1.807) is 6.07 Å². The molecule has 126 valence electrons. The smallest absolute Gasteiger partial charge is 0.274 e. The molecule has 3 aromatic rings. The van der Waals surface area contributed by atoms with Gasteiger partial charge in [-0.05, 0) is 50.1 Å². The molecule has 1 aromatic heterocycles. The summed E-state index contributed by atoms with van der Waals surface area (Å²) in [4.78, 5) is 21.3. The van der Waals surface area contributed by atoms with Gasteiger partial charge in [-0.15, -0.1) is 0 Å². The van der Waals surface area contributed by atoms with E-state index in [-0.39, 0.29) is 5.91 Å². The minimum atomic E-state index is -0.257. The number of hydrogen-bond acceptors (Lipinski definition) is 4. The Bertz CT molecular complexity index is 921. The van der Waals surface area contributed by atoms with Crippen molar-refractivity contribution in [1.29, 1.82) is 0 Å². The molecule has 0 fully saturated rings. The number of amides is 1. The van der Waals surface area contributed by atoms with Crippen LogP contribution in [0.25, 0.3) is 0 Å². The summed E-state index contributed by atoms with van der Waals surface area (Å²) in [6.45, 7) is 5.80. The van der Waals surface area contributed by atoms with E-state index in [0.717, 1.165) is 28.2 Å². The molecule has 0 aliphatic rings. The van der Waals surface area contributed by atoms with Gasteiger partial charge in [-0.1, -0.05) is 36.4 Å². The van der Waals surface area contributed by atoms with Crippen molar-refractivity contribution in [2.45, 2.75) is 20.8 Å². The summed E-state index contributed by atoms with van der Waals surface area (Å²) in [5, 5.41) is 6.08. The number of benzene rings is 2. The fraction of sp³-hybridized carbons (Fsp3) is 0.150. The Morgan fingerprint density at radius 3 is 2.08 bits per heavy atom. The molecule has 5 heteroatoms. The van der Waals surface area contributed by atoms with Crippen LogP contribution in [0, 0.1) is 20.8 Å². The van der Waals surface area contributed by atoms with E-state index in [1.807, 2.05) is 69.3 Å². The van der Waals surface area contributed by atoms with Gasteiger partial charge in [-0.3, -0.25) is 4.79 Å². The van der Waals surface area contributed by atoms with Crippen molar-refractivity contribution in [2.75, 3.05) is 10.6 Å². The van der Waals surface area contributed by atoms with Gasteiger partial charge < -0.3 is 10.6 Å². The van der Waals surface area contributed by atoms with Crippen LogP contribution in [0.5, 0.6) is 0 Å². The summed E-state index contributed by atoms with van der Waals surface area (Å²) in [6.07, 6.45) is 0. The van der Waals surface area contributed by atoms with Gasteiger partial charge in [-0.25, -0.2) is 9.97 Å². The maximum absolute atomic E-state index is 12.6. The minimum absolute atomic E-state index is 0.257. The van der Waals surface area contributed by atoms with E-state index in [2.05, 4.69) is 20.6 Å². The number of aromatic nitrogens is 2. The van der Waals surface area contributed by atoms with Crippen LogP contribution in [0.4, 0.5) is 17.3 Å². The zero-order chi connectivity index (χ0) is 17.8. The number of carbonyl (C=O) groups is 1. The van der Waals surface area contributed by atoms with Crippen molar-refractivity contribution in [3.8, 4) is 0 Å². The fourth-order valence-corrected chi connectivity index (χ4v) is 2.47. The molecule has 0 saturated heterocycles. The Balaban J connectivity index is 1.85. The van der Waals surface area contributed by atoms with E-state index in [9.17, 15) is 4.79 Å². The molecule has 0 radical (unpaired) electrons. The minimum Gasteiger partial charge on any atom is -0.324 e. The van der Waals surface area contributed by atoms with Gasteiger partial charge in [0.2, 0.25) is 5.95 Å². The SMILES string of the molecule is Cc1cc(C(=O)Nc2ccccc2C)nc(Nc2ccccc2C)n1. The molecule has 3 rings (SSSR count). The van der Waals surface area contributed by atoms with Crippen molar-refractivity contribution in [3.05, 3.63) is 77.1 Å². The van der Waals surface area contributed by atoms with Crippen molar-refractivity contribution in [2.24, 2.45) is 0 Å². The topological polar surface area (TPSA) is 66.9 Å². The van der Waals surface area contributed by atoms with Crippen LogP contribution < -0.4 is 10.6 Å². The quantitative estimate of drug-likeness (QED) is 0.743. The third kappa shape index (κ3) is 4.01. The Morgan fingerprint density at radius 2 is 1.44 bits per heavy atom. The van der Waals surface area contributed by atoms with Crippen molar-refractivity contribution in [3.63, 3.8) is 0 Å². The van der Waals surface area contributed by atoms with Crippen molar-refractivity contribution in [1.82, 2.24) is 9.97 Å². The van der Waals surface area contributed by atoms with Crippen LogP contribution in [0.1, 0.15) is 27.3 Å². The van der Waals surface area contributed by atoms with Crippen LogP contribution in [-0.2, 0) is 0 Å². The molecule has 2 aromatic carbocycles. The van der Waals surface area contributed by atoms with E-state index in [4.69, 9.17) is 0 Å². The summed E-state index contributed by atoms with van der Waals surface area (Å²) >= 11 is 0. The van der Waals surface area contributed by atoms with Crippen molar-refractivity contribution >= 4 is 23.2 Å². The predicted octanol–water partition coefficient (Wildman–Crippen LogP) is 4.40. The molecule has 1 heterocycles. The highest BCUT2D eigenvalue weighted by atomic mass is 16.1. The first-order chi connectivity index (χ1) is 12.0. The number of carbonyl (C=O) groups excluding carboxylic acids is 1. The van der Waals surface area contributed by atoms with Gasteiger partial charge in [0.15, 0.2) is 0 Å². The molecule has 1 amide bonds. The molecule has 5 nitrogen and oxygen atoms in total. The average molecular weight is 332 g/mol. The number of aryl methyl sites for hydroxylation is 3. The molecule has 0 aliphatic heterocycles. The van der Waals surface area contributed by atoms with Gasteiger partial charge >= 0.3 is 0 Å². The molecule has 0 saturated carbocycles. The number of hydrogen-bond donors (Lipinski definition) is 2. The van der Waals surface area contributed by atoms with Crippen LogP contribution in [0.3, 0.4) is 0 Å². The molecule has 2 N–H and O–H groups in total.